The molecule has 2 aromatic heterocycles. The number of primary amides is 1. The number of aromatic nitrogens is 3. The minimum Gasteiger partial charge on any atom is -0.378 e. The number of hydrogen-bond acceptors (Lipinski definition) is 5. The summed E-state index contributed by atoms with van der Waals surface area (Å²) in [5.41, 5.74) is 10.0. The van der Waals surface area contributed by atoms with Gasteiger partial charge in [0.25, 0.3) is 0 Å². The summed E-state index contributed by atoms with van der Waals surface area (Å²) in [6.07, 6.45) is 3.66. The number of carbonyl (C=O) groups is 1. The fraction of sp³-hybridized carbons (Fsp3) is 0.227. The van der Waals surface area contributed by atoms with Crippen LogP contribution in [0.25, 0.3) is 16.7 Å². The van der Waals surface area contributed by atoms with E-state index in [1.807, 2.05) is 50.7 Å². The van der Waals surface area contributed by atoms with Crippen LogP contribution in [0.2, 0.25) is 0 Å². The maximum absolute atomic E-state index is 11.7. The molecule has 4 aromatic rings. The van der Waals surface area contributed by atoms with Crippen molar-refractivity contribution in [1.82, 2.24) is 14.4 Å². The van der Waals surface area contributed by atoms with E-state index in [1.165, 1.54) is 0 Å². The Hall–Kier alpha value is -3.61. The molecule has 0 saturated heterocycles. The highest BCUT2D eigenvalue weighted by atomic mass is 16.1. The Bertz CT molecular complexity index is 1230. The summed E-state index contributed by atoms with van der Waals surface area (Å²) in [7, 11) is 4.03. The molecule has 2 aromatic carbocycles. The van der Waals surface area contributed by atoms with Gasteiger partial charge in [-0.1, -0.05) is 12.1 Å². The zero-order valence-electron chi connectivity index (χ0n) is 17.0. The van der Waals surface area contributed by atoms with Crippen molar-refractivity contribution in [2.75, 3.05) is 24.3 Å². The van der Waals surface area contributed by atoms with Gasteiger partial charge in [-0.05, 0) is 49.2 Å². The van der Waals surface area contributed by atoms with E-state index < -0.39 is 5.91 Å². The first-order chi connectivity index (χ1) is 13.9. The van der Waals surface area contributed by atoms with E-state index in [0.29, 0.717) is 11.3 Å². The van der Waals surface area contributed by atoms with Gasteiger partial charge >= 0.3 is 0 Å². The van der Waals surface area contributed by atoms with E-state index >= 15 is 0 Å². The number of nitrogens with one attached hydrogen (secondary N) is 1. The van der Waals surface area contributed by atoms with Crippen molar-refractivity contribution in [3.63, 3.8) is 0 Å². The van der Waals surface area contributed by atoms with Crippen LogP contribution < -0.4 is 16.0 Å². The topological polar surface area (TPSA) is 88.5 Å². The van der Waals surface area contributed by atoms with E-state index in [0.717, 1.165) is 33.5 Å². The summed E-state index contributed by atoms with van der Waals surface area (Å²) < 4.78 is 1.98. The monoisotopic (exact) mass is 388 g/mol. The third-order valence-electron chi connectivity index (χ3n) is 5.31. The molecule has 3 N–H and O–H groups in total. The van der Waals surface area contributed by atoms with Gasteiger partial charge in [-0.15, -0.1) is 0 Å². The third-order valence-corrected chi connectivity index (χ3v) is 5.31. The average molecular weight is 388 g/mol. The molecule has 0 radical (unpaired) electrons. The summed E-state index contributed by atoms with van der Waals surface area (Å²) in [6.45, 7) is 3.97. The third kappa shape index (κ3) is 3.24. The standard InChI is InChI=1S/C22H24N6O/c1-13-16(6-5-7-17(13)20(23)29)14(2)25-21-18-12-15(27(3)4)8-9-19(18)28-11-10-24-22(28)26-21/h5-12,14H,1-4H3,(H2,23,29)(H,24,25,26)/t14-/m1/s1. The molecule has 0 saturated carbocycles. The number of hydrogen-bond donors (Lipinski definition) is 2. The molecule has 7 heteroatoms. The number of amides is 1. The highest BCUT2D eigenvalue weighted by Gasteiger charge is 2.17. The van der Waals surface area contributed by atoms with Crippen LogP contribution >= 0.6 is 0 Å². The van der Waals surface area contributed by atoms with Crippen molar-refractivity contribution in [1.29, 1.82) is 0 Å². The fourth-order valence-electron chi connectivity index (χ4n) is 3.71. The number of rotatable bonds is 5. The molecule has 0 bridgehead atoms. The maximum Gasteiger partial charge on any atom is 0.248 e. The molecule has 1 amide bonds. The summed E-state index contributed by atoms with van der Waals surface area (Å²) in [6, 6.07) is 11.8. The van der Waals surface area contributed by atoms with E-state index in [9.17, 15) is 4.79 Å². The minimum atomic E-state index is -0.422. The summed E-state index contributed by atoms with van der Waals surface area (Å²) in [4.78, 5) is 22.9. The normalized spacial score (nSPS) is 12.3. The van der Waals surface area contributed by atoms with Crippen LogP contribution in [0.5, 0.6) is 0 Å². The molecule has 0 aliphatic rings. The smallest absolute Gasteiger partial charge is 0.248 e. The lowest BCUT2D eigenvalue weighted by atomic mass is 9.97. The molecular weight excluding hydrogens is 364 g/mol. The van der Waals surface area contributed by atoms with Crippen molar-refractivity contribution in [2.24, 2.45) is 5.73 Å². The Kier molecular flexibility index (Phi) is 4.58. The van der Waals surface area contributed by atoms with Crippen LogP contribution in [-0.2, 0) is 0 Å². The fourth-order valence-corrected chi connectivity index (χ4v) is 3.71. The van der Waals surface area contributed by atoms with Gasteiger partial charge in [0, 0.05) is 43.1 Å². The van der Waals surface area contributed by atoms with E-state index in [1.54, 1.807) is 12.3 Å². The molecular formula is C22H24N6O. The molecule has 0 spiro atoms. The number of imidazole rings is 1. The van der Waals surface area contributed by atoms with E-state index in [2.05, 4.69) is 33.4 Å². The lowest BCUT2D eigenvalue weighted by Crippen LogP contribution is -2.16. The molecule has 0 fully saturated rings. The minimum absolute atomic E-state index is 0.0783. The predicted molar refractivity (Wildman–Crippen MR) is 117 cm³/mol. The second kappa shape index (κ2) is 7.09. The highest BCUT2D eigenvalue weighted by molar-refractivity contribution is 5.95. The van der Waals surface area contributed by atoms with E-state index in [-0.39, 0.29) is 6.04 Å². The van der Waals surface area contributed by atoms with Crippen LogP contribution in [0.1, 0.15) is 34.5 Å². The van der Waals surface area contributed by atoms with Crippen molar-refractivity contribution in [3.05, 3.63) is 65.5 Å². The Balaban J connectivity index is 1.83. The average Bonchev–Trinajstić information content (AvgIpc) is 3.16. The molecule has 0 aliphatic carbocycles. The number of nitrogens with zero attached hydrogens (tertiary/aromatic N) is 4. The van der Waals surface area contributed by atoms with Crippen molar-refractivity contribution in [2.45, 2.75) is 19.9 Å². The summed E-state index contributed by atoms with van der Waals surface area (Å²) in [5.74, 6) is 0.959. The zero-order valence-corrected chi connectivity index (χ0v) is 17.0. The maximum atomic E-state index is 11.7. The van der Waals surface area contributed by atoms with Crippen LogP contribution in [0.15, 0.2) is 48.8 Å². The van der Waals surface area contributed by atoms with Gasteiger partial charge in [-0.25, -0.2) is 4.98 Å². The van der Waals surface area contributed by atoms with Gasteiger partial charge < -0.3 is 16.0 Å². The number of fused-ring (bicyclic) bond motifs is 3. The Labute approximate surface area is 169 Å². The molecule has 2 heterocycles. The molecule has 1 atom stereocenters. The van der Waals surface area contributed by atoms with Gasteiger partial charge in [0.1, 0.15) is 5.82 Å². The van der Waals surface area contributed by atoms with Crippen molar-refractivity contribution >= 4 is 34.1 Å². The highest BCUT2D eigenvalue weighted by Crippen LogP contribution is 2.30. The van der Waals surface area contributed by atoms with Gasteiger partial charge in [0.05, 0.1) is 11.6 Å². The molecule has 29 heavy (non-hydrogen) atoms. The van der Waals surface area contributed by atoms with Crippen molar-refractivity contribution < 1.29 is 4.79 Å². The van der Waals surface area contributed by atoms with Gasteiger partial charge in [0.2, 0.25) is 11.7 Å². The van der Waals surface area contributed by atoms with E-state index in [4.69, 9.17) is 10.7 Å². The molecule has 4 rings (SSSR count). The Morgan fingerprint density at radius 3 is 2.76 bits per heavy atom. The lowest BCUT2D eigenvalue weighted by molar-refractivity contribution is 0.0999. The van der Waals surface area contributed by atoms with Crippen LogP contribution in [0.3, 0.4) is 0 Å². The number of anilines is 2. The Morgan fingerprint density at radius 2 is 2.03 bits per heavy atom. The van der Waals surface area contributed by atoms with Crippen LogP contribution in [0, 0.1) is 6.92 Å². The molecule has 0 aliphatic heterocycles. The quantitative estimate of drug-likeness (QED) is 0.546. The first kappa shape index (κ1) is 18.7. The molecule has 7 nitrogen and oxygen atoms in total. The second-order valence-corrected chi connectivity index (χ2v) is 7.40. The number of benzene rings is 2. The molecule has 0 unspecified atom stereocenters. The summed E-state index contributed by atoms with van der Waals surface area (Å²) in [5, 5.41) is 4.52. The summed E-state index contributed by atoms with van der Waals surface area (Å²) >= 11 is 0. The largest absolute Gasteiger partial charge is 0.378 e. The predicted octanol–water partition coefficient (Wildman–Crippen LogP) is 3.53. The van der Waals surface area contributed by atoms with Crippen molar-refractivity contribution in [3.8, 4) is 0 Å². The van der Waals surface area contributed by atoms with Crippen LogP contribution in [-0.4, -0.2) is 34.4 Å². The number of carbonyl (C=O) groups excluding carboxylic acids is 1. The first-order valence-corrected chi connectivity index (χ1v) is 9.47. The molecule has 148 valence electrons. The first-order valence-electron chi connectivity index (χ1n) is 9.47. The lowest BCUT2D eigenvalue weighted by Gasteiger charge is -2.21. The number of nitrogens with two attached hydrogens (primary N) is 1. The second-order valence-electron chi connectivity index (χ2n) is 7.40. The van der Waals surface area contributed by atoms with Gasteiger partial charge in [-0.2, -0.15) is 4.98 Å². The zero-order chi connectivity index (χ0) is 20.7. The van der Waals surface area contributed by atoms with Crippen LogP contribution in [0.4, 0.5) is 11.5 Å². The van der Waals surface area contributed by atoms with Gasteiger partial charge in [-0.3, -0.25) is 9.20 Å². The Morgan fingerprint density at radius 1 is 1.24 bits per heavy atom. The SMILES string of the molecule is Cc1c(C(N)=O)cccc1[C@@H](C)Nc1nc2nccn2c2ccc(N(C)C)cc12. The van der Waals surface area contributed by atoms with Gasteiger partial charge in [0.15, 0.2) is 0 Å².